The zero-order valence-electron chi connectivity index (χ0n) is 15.9. The summed E-state index contributed by atoms with van der Waals surface area (Å²) in [6.45, 7) is 2.87. The molecule has 3 aromatic carbocycles. The van der Waals surface area contributed by atoms with Gasteiger partial charge in [0.1, 0.15) is 30.4 Å². The predicted molar refractivity (Wildman–Crippen MR) is 113 cm³/mol. The molecule has 1 aromatic heterocycles. The molecule has 0 bridgehead atoms. The van der Waals surface area contributed by atoms with Crippen LogP contribution in [-0.2, 0) is 4.79 Å². The van der Waals surface area contributed by atoms with Crippen LogP contribution in [0.4, 0.5) is 11.4 Å². The summed E-state index contributed by atoms with van der Waals surface area (Å²) in [6, 6.07) is 18.7. The number of ether oxygens (including phenoxy) is 2. The number of para-hydroxylation sites is 1. The predicted octanol–water partition coefficient (Wildman–Crippen LogP) is 4.80. The van der Waals surface area contributed by atoms with Gasteiger partial charge in [-0.1, -0.05) is 18.2 Å². The fourth-order valence-electron chi connectivity index (χ4n) is 3.50. The normalized spacial score (nSPS) is 14.0. The standard InChI is InChI=1S/C23H20N2O4/c1-14(23(26)25-16-7-9-21-22(13-16)28-11-10-27-21)24-15-6-8-20-18(12-15)17-4-2-3-5-19(17)29-20/h2-9,12-14,24H,10-11H2,1H3,(H,25,26)/t14-/m1/s1. The lowest BCUT2D eigenvalue weighted by Gasteiger charge is -2.20. The summed E-state index contributed by atoms with van der Waals surface area (Å²) >= 11 is 0. The Bertz CT molecular complexity index is 1210. The van der Waals surface area contributed by atoms with Gasteiger partial charge in [0.15, 0.2) is 11.5 Å². The molecule has 0 saturated carbocycles. The lowest BCUT2D eigenvalue weighted by Crippen LogP contribution is -2.31. The SMILES string of the molecule is C[C@@H](Nc1ccc2oc3ccccc3c2c1)C(=O)Nc1ccc2c(c1)OCCO2. The van der Waals surface area contributed by atoms with Crippen LogP contribution in [0, 0.1) is 0 Å². The monoisotopic (exact) mass is 388 g/mol. The van der Waals surface area contributed by atoms with Crippen molar-refractivity contribution < 1.29 is 18.7 Å². The fourth-order valence-corrected chi connectivity index (χ4v) is 3.50. The zero-order valence-corrected chi connectivity index (χ0v) is 15.9. The highest BCUT2D eigenvalue weighted by atomic mass is 16.6. The lowest BCUT2D eigenvalue weighted by molar-refractivity contribution is -0.116. The van der Waals surface area contributed by atoms with Crippen LogP contribution >= 0.6 is 0 Å². The van der Waals surface area contributed by atoms with Crippen molar-refractivity contribution in [2.45, 2.75) is 13.0 Å². The van der Waals surface area contributed by atoms with Crippen LogP contribution in [0.1, 0.15) is 6.92 Å². The molecule has 0 spiro atoms. The molecular formula is C23H20N2O4. The Kier molecular flexibility index (Phi) is 4.24. The minimum Gasteiger partial charge on any atom is -0.486 e. The first-order valence-electron chi connectivity index (χ1n) is 9.56. The Labute approximate surface area is 167 Å². The van der Waals surface area contributed by atoms with Gasteiger partial charge in [0, 0.05) is 28.2 Å². The van der Waals surface area contributed by atoms with E-state index in [1.165, 1.54) is 0 Å². The highest BCUT2D eigenvalue weighted by molar-refractivity contribution is 6.06. The fraction of sp³-hybridized carbons (Fsp3) is 0.174. The lowest BCUT2D eigenvalue weighted by atomic mass is 10.1. The third-order valence-corrected chi connectivity index (χ3v) is 4.96. The van der Waals surface area contributed by atoms with Crippen LogP contribution in [0.5, 0.6) is 11.5 Å². The number of nitrogens with one attached hydrogen (secondary N) is 2. The Morgan fingerprint density at radius 3 is 2.52 bits per heavy atom. The maximum atomic E-state index is 12.6. The number of hydrogen-bond acceptors (Lipinski definition) is 5. The van der Waals surface area contributed by atoms with E-state index in [0.717, 1.165) is 27.6 Å². The van der Waals surface area contributed by atoms with E-state index in [9.17, 15) is 4.79 Å². The van der Waals surface area contributed by atoms with Crippen molar-refractivity contribution in [3.05, 3.63) is 60.7 Å². The van der Waals surface area contributed by atoms with Gasteiger partial charge < -0.3 is 24.5 Å². The number of furan rings is 1. The summed E-state index contributed by atoms with van der Waals surface area (Å²) in [6.07, 6.45) is 0. The molecule has 6 heteroatoms. The molecule has 1 aliphatic rings. The third kappa shape index (κ3) is 3.33. The van der Waals surface area contributed by atoms with E-state index in [4.69, 9.17) is 13.9 Å². The van der Waals surface area contributed by atoms with Gasteiger partial charge in [0.05, 0.1) is 0 Å². The first-order valence-corrected chi connectivity index (χ1v) is 9.56. The van der Waals surface area contributed by atoms with Crippen LogP contribution < -0.4 is 20.1 Å². The van der Waals surface area contributed by atoms with Gasteiger partial charge in [0.25, 0.3) is 0 Å². The summed E-state index contributed by atoms with van der Waals surface area (Å²) < 4.78 is 16.9. The maximum absolute atomic E-state index is 12.6. The van der Waals surface area contributed by atoms with Crippen molar-refractivity contribution in [3.63, 3.8) is 0 Å². The van der Waals surface area contributed by atoms with Crippen LogP contribution in [0.3, 0.4) is 0 Å². The summed E-state index contributed by atoms with van der Waals surface area (Å²) in [7, 11) is 0. The molecule has 29 heavy (non-hydrogen) atoms. The highest BCUT2D eigenvalue weighted by Crippen LogP contribution is 2.33. The van der Waals surface area contributed by atoms with E-state index in [-0.39, 0.29) is 5.91 Å². The number of hydrogen-bond donors (Lipinski definition) is 2. The van der Waals surface area contributed by atoms with Crippen LogP contribution in [0.15, 0.2) is 65.1 Å². The molecule has 1 atom stereocenters. The minimum absolute atomic E-state index is 0.140. The molecule has 0 unspecified atom stereocenters. The second-order valence-electron chi connectivity index (χ2n) is 7.02. The molecule has 2 N–H and O–H groups in total. The van der Waals surface area contributed by atoms with Crippen molar-refractivity contribution in [1.29, 1.82) is 0 Å². The number of carbonyl (C=O) groups is 1. The van der Waals surface area contributed by atoms with Crippen LogP contribution in [-0.4, -0.2) is 25.2 Å². The minimum atomic E-state index is -0.432. The molecule has 4 aromatic rings. The van der Waals surface area contributed by atoms with Gasteiger partial charge in [-0.25, -0.2) is 0 Å². The maximum Gasteiger partial charge on any atom is 0.246 e. The summed E-state index contributed by atoms with van der Waals surface area (Å²) in [5, 5.41) is 8.25. The zero-order chi connectivity index (χ0) is 19.8. The number of rotatable bonds is 4. The molecule has 0 radical (unpaired) electrons. The summed E-state index contributed by atoms with van der Waals surface area (Å²) in [5.41, 5.74) is 3.20. The van der Waals surface area contributed by atoms with Gasteiger partial charge in [-0.05, 0) is 43.3 Å². The first kappa shape index (κ1) is 17.4. The Morgan fingerprint density at radius 2 is 1.62 bits per heavy atom. The summed E-state index contributed by atoms with van der Waals surface area (Å²) in [5.74, 6) is 1.20. The Morgan fingerprint density at radius 1 is 0.862 bits per heavy atom. The van der Waals surface area contributed by atoms with Gasteiger partial charge in [-0.3, -0.25) is 4.79 Å². The smallest absolute Gasteiger partial charge is 0.246 e. The summed E-state index contributed by atoms with van der Waals surface area (Å²) in [4.78, 5) is 12.6. The molecule has 2 heterocycles. The number of amides is 1. The van der Waals surface area contributed by atoms with Crippen LogP contribution in [0.25, 0.3) is 21.9 Å². The van der Waals surface area contributed by atoms with E-state index < -0.39 is 6.04 Å². The van der Waals surface area contributed by atoms with Gasteiger partial charge in [-0.15, -0.1) is 0 Å². The molecule has 0 saturated heterocycles. The van der Waals surface area contributed by atoms with Gasteiger partial charge in [-0.2, -0.15) is 0 Å². The van der Waals surface area contributed by atoms with Crippen molar-refractivity contribution in [2.24, 2.45) is 0 Å². The van der Waals surface area contributed by atoms with Crippen molar-refractivity contribution in [3.8, 4) is 11.5 Å². The topological polar surface area (TPSA) is 72.7 Å². The number of benzene rings is 3. The molecule has 0 aliphatic carbocycles. The second-order valence-corrected chi connectivity index (χ2v) is 7.02. The van der Waals surface area contributed by atoms with E-state index >= 15 is 0 Å². The van der Waals surface area contributed by atoms with E-state index in [1.807, 2.05) is 55.5 Å². The van der Waals surface area contributed by atoms with E-state index in [1.54, 1.807) is 12.1 Å². The average Bonchev–Trinajstić information content (AvgIpc) is 3.11. The molecular weight excluding hydrogens is 368 g/mol. The average molecular weight is 388 g/mol. The Hall–Kier alpha value is -3.67. The highest BCUT2D eigenvalue weighted by Gasteiger charge is 2.17. The van der Waals surface area contributed by atoms with Crippen molar-refractivity contribution >= 4 is 39.2 Å². The first-order chi connectivity index (χ1) is 14.2. The number of anilines is 2. The largest absolute Gasteiger partial charge is 0.486 e. The quantitative estimate of drug-likeness (QED) is 0.526. The number of fused-ring (bicyclic) bond motifs is 4. The van der Waals surface area contributed by atoms with Gasteiger partial charge in [0.2, 0.25) is 5.91 Å². The Balaban J connectivity index is 1.32. The molecule has 1 amide bonds. The molecule has 6 nitrogen and oxygen atoms in total. The van der Waals surface area contributed by atoms with Crippen LogP contribution in [0.2, 0.25) is 0 Å². The van der Waals surface area contributed by atoms with E-state index in [0.29, 0.717) is 30.4 Å². The molecule has 5 rings (SSSR count). The van der Waals surface area contributed by atoms with Crippen molar-refractivity contribution in [2.75, 3.05) is 23.8 Å². The van der Waals surface area contributed by atoms with Crippen molar-refractivity contribution in [1.82, 2.24) is 0 Å². The van der Waals surface area contributed by atoms with E-state index in [2.05, 4.69) is 10.6 Å². The number of carbonyl (C=O) groups excluding carboxylic acids is 1. The third-order valence-electron chi connectivity index (χ3n) is 4.96. The second kappa shape index (κ2) is 7.05. The molecule has 0 fully saturated rings. The molecule has 1 aliphatic heterocycles. The van der Waals surface area contributed by atoms with Gasteiger partial charge >= 0.3 is 0 Å². The molecule has 146 valence electrons.